The minimum atomic E-state index is 0.186. The Labute approximate surface area is 141 Å². The second kappa shape index (κ2) is 7.05. The first-order valence-corrected chi connectivity index (χ1v) is 8.82. The summed E-state index contributed by atoms with van der Waals surface area (Å²) in [6.45, 7) is 2.13. The van der Waals surface area contributed by atoms with Gasteiger partial charge in [-0.3, -0.25) is 4.79 Å². The first-order valence-electron chi connectivity index (χ1n) is 7.84. The van der Waals surface area contributed by atoms with E-state index < -0.39 is 0 Å². The maximum atomic E-state index is 12.7. The second-order valence-corrected chi connectivity index (χ2v) is 6.80. The zero-order chi connectivity index (χ0) is 16.2. The predicted octanol–water partition coefficient (Wildman–Crippen LogP) is 4.92. The van der Waals surface area contributed by atoms with Crippen LogP contribution in [0.5, 0.6) is 5.75 Å². The standard InChI is InChI=1S/C20H20O2S/c1-3-23-20-17(14-7-5-4-6-8-14)13-18(21)19(20)15-9-11-16(22-2)12-10-15/h4-12,17H,3,13H2,1-2H3/t17-/m1/s1. The quantitative estimate of drug-likeness (QED) is 0.781. The molecule has 0 saturated heterocycles. The molecule has 0 bridgehead atoms. The lowest BCUT2D eigenvalue weighted by molar-refractivity contribution is -0.113. The minimum absolute atomic E-state index is 0.186. The van der Waals surface area contributed by atoms with Crippen LogP contribution < -0.4 is 4.74 Å². The molecule has 0 fully saturated rings. The molecule has 2 aromatic rings. The number of methoxy groups -OCH3 is 1. The van der Waals surface area contributed by atoms with Crippen molar-refractivity contribution in [2.45, 2.75) is 19.3 Å². The fourth-order valence-electron chi connectivity index (χ4n) is 3.04. The number of carbonyl (C=O) groups excluding carboxylic acids is 1. The molecule has 1 aliphatic rings. The fraction of sp³-hybridized carbons (Fsp3) is 0.250. The molecule has 0 unspecified atom stereocenters. The third kappa shape index (κ3) is 3.20. The maximum Gasteiger partial charge on any atom is 0.165 e. The molecule has 0 saturated carbocycles. The van der Waals surface area contributed by atoms with Gasteiger partial charge in [0.25, 0.3) is 0 Å². The van der Waals surface area contributed by atoms with Crippen LogP contribution in [0.3, 0.4) is 0 Å². The van der Waals surface area contributed by atoms with E-state index in [2.05, 4.69) is 19.1 Å². The van der Waals surface area contributed by atoms with Crippen LogP contribution in [0.4, 0.5) is 0 Å². The van der Waals surface area contributed by atoms with Crippen LogP contribution in [0.25, 0.3) is 5.57 Å². The van der Waals surface area contributed by atoms with E-state index >= 15 is 0 Å². The first kappa shape index (κ1) is 15.9. The average molecular weight is 324 g/mol. The number of allylic oxidation sites excluding steroid dienone is 2. The van der Waals surface area contributed by atoms with Gasteiger partial charge in [0.1, 0.15) is 5.75 Å². The van der Waals surface area contributed by atoms with Crippen molar-refractivity contribution in [2.24, 2.45) is 0 Å². The summed E-state index contributed by atoms with van der Waals surface area (Å²) in [5, 5.41) is 0. The van der Waals surface area contributed by atoms with Crippen molar-refractivity contribution >= 4 is 23.1 Å². The molecule has 0 radical (unpaired) electrons. The molecule has 3 heteroatoms. The molecular formula is C20H20O2S. The second-order valence-electron chi connectivity index (χ2n) is 5.49. The highest BCUT2D eigenvalue weighted by molar-refractivity contribution is 8.03. The zero-order valence-corrected chi connectivity index (χ0v) is 14.2. The van der Waals surface area contributed by atoms with Crippen molar-refractivity contribution in [3.05, 3.63) is 70.6 Å². The van der Waals surface area contributed by atoms with Gasteiger partial charge in [-0.05, 0) is 29.0 Å². The molecule has 0 aliphatic heterocycles. The molecule has 23 heavy (non-hydrogen) atoms. The monoisotopic (exact) mass is 324 g/mol. The van der Waals surface area contributed by atoms with Gasteiger partial charge in [0.05, 0.1) is 7.11 Å². The highest BCUT2D eigenvalue weighted by Crippen LogP contribution is 2.47. The Hall–Kier alpha value is -2.00. The van der Waals surface area contributed by atoms with Crippen molar-refractivity contribution in [2.75, 3.05) is 12.9 Å². The third-order valence-electron chi connectivity index (χ3n) is 4.11. The number of rotatable bonds is 5. The molecule has 0 spiro atoms. The topological polar surface area (TPSA) is 26.3 Å². The molecule has 1 aliphatic carbocycles. The number of carbonyl (C=O) groups is 1. The summed E-state index contributed by atoms with van der Waals surface area (Å²) in [4.78, 5) is 13.9. The average Bonchev–Trinajstić information content (AvgIpc) is 2.92. The summed E-state index contributed by atoms with van der Waals surface area (Å²) in [6, 6.07) is 18.1. The number of thioether (sulfide) groups is 1. The van der Waals surface area contributed by atoms with Crippen LogP contribution in [0.15, 0.2) is 59.5 Å². The Kier molecular flexibility index (Phi) is 4.87. The highest BCUT2D eigenvalue weighted by atomic mass is 32.2. The summed E-state index contributed by atoms with van der Waals surface area (Å²) in [7, 11) is 1.65. The lowest BCUT2D eigenvalue weighted by Gasteiger charge is -2.14. The van der Waals surface area contributed by atoms with Crippen molar-refractivity contribution < 1.29 is 9.53 Å². The summed E-state index contributed by atoms with van der Waals surface area (Å²) in [5.41, 5.74) is 3.10. The predicted molar refractivity (Wildman–Crippen MR) is 96.9 cm³/mol. The molecule has 0 aromatic heterocycles. The normalized spacial score (nSPS) is 17.7. The van der Waals surface area contributed by atoms with Gasteiger partial charge in [-0.25, -0.2) is 0 Å². The first-order chi connectivity index (χ1) is 11.2. The van der Waals surface area contributed by atoms with Crippen molar-refractivity contribution in [3.63, 3.8) is 0 Å². The number of hydrogen-bond donors (Lipinski definition) is 0. The van der Waals surface area contributed by atoms with E-state index in [1.54, 1.807) is 18.9 Å². The molecule has 1 atom stereocenters. The van der Waals surface area contributed by atoms with Crippen LogP contribution >= 0.6 is 11.8 Å². The van der Waals surface area contributed by atoms with Crippen molar-refractivity contribution in [3.8, 4) is 5.75 Å². The number of ketones is 1. The number of hydrogen-bond acceptors (Lipinski definition) is 3. The Bertz CT molecular complexity index is 717. The van der Waals surface area contributed by atoms with E-state index in [0.29, 0.717) is 6.42 Å². The Balaban J connectivity index is 2.05. The van der Waals surface area contributed by atoms with Crippen LogP contribution in [-0.2, 0) is 4.79 Å². The van der Waals surface area contributed by atoms with E-state index in [1.807, 2.05) is 42.5 Å². The van der Waals surface area contributed by atoms with E-state index in [4.69, 9.17) is 4.74 Å². The van der Waals surface area contributed by atoms with Gasteiger partial charge in [0, 0.05) is 22.8 Å². The van der Waals surface area contributed by atoms with Crippen molar-refractivity contribution in [1.29, 1.82) is 0 Å². The van der Waals surface area contributed by atoms with E-state index in [9.17, 15) is 4.79 Å². The van der Waals surface area contributed by atoms with Crippen LogP contribution in [-0.4, -0.2) is 18.6 Å². The van der Waals surface area contributed by atoms with Gasteiger partial charge >= 0.3 is 0 Å². The van der Waals surface area contributed by atoms with E-state index in [-0.39, 0.29) is 11.7 Å². The largest absolute Gasteiger partial charge is 0.497 e. The molecule has 118 valence electrons. The molecule has 2 aromatic carbocycles. The number of benzene rings is 2. The molecule has 0 N–H and O–H groups in total. The van der Waals surface area contributed by atoms with Gasteiger partial charge in [-0.15, -0.1) is 11.8 Å². The van der Waals surface area contributed by atoms with Gasteiger partial charge in [-0.1, -0.05) is 49.4 Å². The Morgan fingerprint density at radius 1 is 1.09 bits per heavy atom. The SMILES string of the molecule is CCSC1=C(c2ccc(OC)cc2)C(=O)C[C@@H]1c1ccccc1. The summed E-state index contributed by atoms with van der Waals surface area (Å²) < 4.78 is 5.22. The Morgan fingerprint density at radius 2 is 1.78 bits per heavy atom. The van der Waals surface area contributed by atoms with Crippen LogP contribution in [0.2, 0.25) is 0 Å². The lowest BCUT2D eigenvalue weighted by Crippen LogP contribution is -1.98. The van der Waals surface area contributed by atoms with E-state index in [1.165, 1.54) is 10.5 Å². The van der Waals surface area contributed by atoms with Crippen LogP contribution in [0.1, 0.15) is 30.4 Å². The van der Waals surface area contributed by atoms with Crippen molar-refractivity contribution in [1.82, 2.24) is 0 Å². The van der Waals surface area contributed by atoms with E-state index in [0.717, 1.165) is 22.6 Å². The molecular weight excluding hydrogens is 304 g/mol. The van der Waals surface area contributed by atoms with Gasteiger partial charge in [-0.2, -0.15) is 0 Å². The van der Waals surface area contributed by atoms with Gasteiger partial charge in [0.2, 0.25) is 0 Å². The summed E-state index contributed by atoms with van der Waals surface area (Å²) in [5.74, 6) is 2.20. The molecule has 3 rings (SSSR count). The summed E-state index contributed by atoms with van der Waals surface area (Å²) in [6.07, 6.45) is 0.563. The van der Waals surface area contributed by atoms with Gasteiger partial charge < -0.3 is 4.74 Å². The third-order valence-corrected chi connectivity index (χ3v) is 5.20. The molecule has 2 nitrogen and oxygen atoms in total. The number of ether oxygens (including phenoxy) is 1. The summed E-state index contributed by atoms with van der Waals surface area (Å²) >= 11 is 1.79. The Morgan fingerprint density at radius 3 is 2.39 bits per heavy atom. The molecule has 0 amide bonds. The highest BCUT2D eigenvalue weighted by Gasteiger charge is 2.33. The minimum Gasteiger partial charge on any atom is -0.497 e. The maximum absolute atomic E-state index is 12.7. The van der Waals surface area contributed by atoms with Crippen LogP contribution in [0, 0.1) is 0 Å². The lowest BCUT2D eigenvalue weighted by atomic mass is 9.98. The number of Topliss-reactive ketones (excluding diaryl/α,β-unsaturated/α-hetero) is 1. The smallest absolute Gasteiger partial charge is 0.165 e. The molecule has 0 heterocycles. The fourth-order valence-corrected chi connectivity index (χ4v) is 4.14. The van der Waals surface area contributed by atoms with Gasteiger partial charge in [0.15, 0.2) is 5.78 Å². The zero-order valence-electron chi connectivity index (χ0n) is 13.4.